The lowest BCUT2D eigenvalue weighted by atomic mass is 10.5. The Hall–Kier alpha value is -2.01. The average Bonchev–Trinajstić information content (AvgIpc) is 2.74. The Labute approximate surface area is 77.7 Å². The van der Waals surface area contributed by atoms with Crippen LogP contribution < -0.4 is 0 Å². The molecular weight excluding hydrogens is 160 g/mol. The summed E-state index contributed by atoms with van der Waals surface area (Å²) < 4.78 is 0. The molecule has 0 aromatic carbocycles. The van der Waals surface area contributed by atoms with Crippen LogP contribution in [0.4, 0.5) is 0 Å². The number of terminal acetylenes is 1. The third-order valence-electron chi connectivity index (χ3n) is 1.32. The maximum atomic E-state index is 5.01. The van der Waals surface area contributed by atoms with Gasteiger partial charge in [-0.3, -0.25) is 4.98 Å². The van der Waals surface area contributed by atoms with E-state index in [1.54, 1.807) is 18.6 Å². The monoisotopic (exact) mass is 170 g/mol. The molecule has 0 amide bonds. The Bertz CT molecular complexity index is 317. The molecule has 0 spiro atoms. The minimum absolute atomic E-state index is 0.833. The van der Waals surface area contributed by atoms with Crippen molar-refractivity contribution >= 4 is 0 Å². The summed E-state index contributed by atoms with van der Waals surface area (Å²) >= 11 is 0. The fourth-order valence-electron chi connectivity index (χ4n) is 0.733. The molecule has 2 aromatic rings. The summed E-state index contributed by atoms with van der Waals surface area (Å²) in [4.78, 5) is 6.64. The number of pyridine rings is 1. The van der Waals surface area contributed by atoms with Crippen molar-refractivity contribution in [2.75, 3.05) is 0 Å². The fourth-order valence-corrected chi connectivity index (χ4v) is 0.733. The van der Waals surface area contributed by atoms with Gasteiger partial charge < -0.3 is 4.98 Å². The van der Waals surface area contributed by atoms with Gasteiger partial charge in [0.1, 0.15) is 0 Å². The predicted octanol–water partition coefficient (Wildman–Crippen LogP) is 2.08. The molecule has 64 valence electrons. The van der Waals surface area contributed by atoms with Gasteiger partial charge in [-0.05, 0) is 24.3 Å². The summed E-state index contributed by atoms with van der Waals surface area (Å²) in [5, 5.41) is 0. The molecule has 0 saturated heterocycles. The number of aromatic amines is 1. The smallest absolute Gasteiger partial charge is 0.0890 e. The molecule has 2 aromatic heterocycles. The van der Waals surface area contributed by atoms with Crippen LogP contribution in [0.3, 0.4) is 0 Å². The van der Waals surface area contributed by atoms with E-state index in [1.165, 1.54) is 0 Å². The van der Waals surface area contributed by atoms with Crippen LogP contribution in [-0.2, 0) is 0 Å². The van der Waals surface area contributed by atoms with Crippen LogP contribution in [0.15, 0.2) is 48.9 Å². The largest absolute Gasteiger partial charge is 0.355 e. The molecule has 13 heavy (non-hydrogen) atoms. The van der Waals surface area contributed by atoms with Gasteiger partial charge in [-0.15, -0.1) is 6.42 Å². The van der Waals surface area contributed by atoms with Gasteiger partial charge in [0.25, 0.3) is 0 Å². The van der Waals surface area contributed by atoms with Gasteiger partial charge >= 0.3 is 0 Å². The van der Waals surface area contributed by atoms with E-state index >= 15 is 0 Å². The van der Waals surface area contributed by atoms with Crippen LogP contribution in [0.5, 0.6) is 0 Å². The third kappa shape index (κ3) is 3.78. The molecule has 0 aliphatic heterocycles. The molecule has 2 heteroatoms. The minimum Gasteiger partial charge on any atom is -0.355 e. The molecule has 0 bridgehead atoms. The first-order chi connectivity index (χ1) is 6.43. The van der Waals surface area contributed by atoms with E-state index in [4.69, 9.17) is 6.42 Å². The number of H-pyrrole nitrogens is 1. The van der Waals surface area contributed by atoms with Crippen LogP contribution in [0.1, 0.15) is 5.69 Å². The third-order valence-corrected chi connectivity index (χ3v) is 1.32. The van der Waals surface area contributed by atoms with E-state index in [0.29, 0.717) is 0 Å². The van der Waals surface area contributed by atoms with E-state index in [-0.39, 0.29) is 0 Å². The van der Waals surface area contributed by atoms with Crippen molar-refractivity contribution in [3.05, 3.63) is 54.6 Å². The van der Waals surface area contributed by atoms with Crippen LogP contribution in [0, 0.1) is 12.3 Å². The van der Waals surface area contributed by atoms with Gasteiger partial charge in [0.05, 0.1) is 5.69 Å². The van der Waals surface area contributed by atoms with E-state index in [9.17, 15) is 0 Å². The number of aromatic nitrogens is 2. The Balaban J connectivity index is 0.000000132. The maximum Gasteiger partial charge on any atom is 0.0890 e. The average molecular weight is 170 g/mol. The molecule has 2 heterocycles. The highest BCUT2D eigenvalue weighted by molar-refractivity contribution is 5.23. The molecule has 0 aliphatic rings. The van der Waals surface area contributed by atoms with Crippen LogP contribution in [0.25, 0.3) is 0 Å². The van der Waals surface area contributed by atoms with Crippen molar-refractivity contribution in [2.45, 2.75) is 0 Å². The first-order valence-corrected chi connectivity index (χ1v) is 3.88. The quantitative estimate of drug-likeness (QED) is 0.602. The summed E-state index contributed by atoms with van der Waals surface area (Å²) in [6.45, 7) is 0. The highest BCUT2D eigenvalue weighted by Crippen LogP contribution is 1.87. The summed E-state index contributed by atoms with van der Waals surface area (Å²) in [7, 11) is 0. The molecular formula is C11H10N2. The standard InChI is InChI=1S/C6H5N.C5H5N/c1-2-6-4-3-5-7-6;1-2-4-6-5-3-1/h1,3-5,7H;1-5H. The van der Waals surface area contributed by atoms with E-state index in [0.717, 1.165) is 5.69 Å². The molecule has 1 N–H and O–H groups in total. The van der Waals surface area contributed by atoms with Crippen molar-refractivity contribution in [2.24, 2.45) is 0 Å². The second-order valence-corrected chi connectivity index (χ2v) is 2.25. The van der Waals surface area contributed by atoms with Crippen molar-refractivity contribution in [3.8, 4) is 12.3 Å². The van der Waals surface area contributed by atoms with Gasteiger partial charge in [0, 0.05) is 18.6 Å². The summed E-state index contributed by atoms with van der Waals surface area (Å²) in [6, 6.07) is 9.43. The molecule has 0 aliphatic carbocycles. The number of nitrogens with one attached hydrogen (secondary N) is 1. The van der Waals surface area contributed by atoms with Crippen LogP contribution >= 0.6 is 0 Å². The Morgan fingerprint density at radius 1 is 1.15 bits per heavy atom. The maximum absolute atomic E-state index is 5.01. The molecule has 2 rings (SSSR count). The van der Waals surface area contributed by atoms with Crippen LogP contribution in [0.2, 0.25) is 0 Å². The summed E-state index contributed by atoms with van der Waals surface area (Å²) in [5.41, 5.74) is 0.833. The van der Waals surface area contributed by atoms with Gasteiger partial charge in [-0.2, -0.15) is 0 Å². The zero-order valence-electron chi connectivity index (χ0n) is 7.14. The lowest BCUT2D eigenvalue weighted by Crippen LogP contribution is -1.64. The highest BCUT2D eigenvalue weighted by Gasteiger charge is 1.77. The first-order valence-electron chi connectivity index (χ1n) is 3.88. The highest BCUT2D eigenvalue weighted by atomic mass is 14.7. The molecule has 0 atom stereocenters. The van der Waals surface area contributed by atoms with Crippen molar-refractivity contribution in [1.82, 2.24) is 9.97 Å². The van der Waals surface area contributed by atoms with Gasteiger partial charge in [0.15, 0.2) is 0 Å². The topological polar surface area (TPSA) is 28.7 Å². The zero-order chi connectivity index (χ0) is 9.36. The van der Waals surface area contributed by atoms with Gasteiger partial charge in [-0.1, -0.05) is 12.0 Å². The molecule has 2 nitrogen and oxygen atoms in total. The summed E-state index contributed by atoms with van der Waals surface area (Å²) in [6.07, 6.45) is 10.3. The van der Waals surface area contributed by atoms with Gasteiger partial charge in [-0.25, -0.2) is 0 Å². The zero-order valence-corrected chi connectivity index (χ0v) is 7.14. The van der Waals surface area contributed by atoms with E-state index in [2.05, 4.69) is 15.9 Å². The molecule has 0 saturated carbocycles. The number of nitrogens with zero attached hydrogens (tertiary/aromatic N) is 1. The van der Waals surface area contributed by atoms with Crippen molar-refractivity contribution in [1.29, 1.82) is 0 Å². The van der Waals surface area contributed by atoms with E-state index < -0.39 is 0 Å². The lowest BCUT2D eigenvalue weighted by Gasteiger charge is -1.70. The molecule has 0 fully saturated rings. The summed E-state index contributed by atoms with van der Waals surface area (Å²) in [5.74, 6) is 2.45. The second-order valence-electron chi connectivity index (χ2n) is 2.25. The number of rotatable bonds is 0. The second kappa shape index (κ2) is 5.62. The Morgan fingerprint density at radius 2 is 1.92 bits per heavy atom. The fraction of sp³-hybridized carbons (Fsp3) is 0. The molecule has 0 radical (unpaired) electrons. The Kier molecular flexibility index (Phi) is 3.92. The molecule has 0 unspecified atom stereocenters. The van der Waals surface area contributed by atoms with E-state index in [1.807, 2.05) is 30.3 Å². The minimum atomic E-state index is 0.833. The number of hydrogen-bond acceptors (Lipinski definition) is 1. The first kappa shape index (κ1) is 9.08. The van der Waals surface area contributed by atoms with Crippen LogP contribution in [-0.4, -0.2) is 9.97 Å². The normalized spacial score (nSPS) is 7.92. The van der Waals surface area contributed by atoms with Crippen molar-refractivity contribution < 1.29 is 0 Å². The lowest BCUT2D eigenvalue weighted by molar-refractivity contribution is 1.33. The number of hydrogen-bond donors (Lipinski definition) is 1. The predicted molar refractivity (Wildman–Crippen MR) is 53.0 cm³/mol. The Morgan fingerprint density at radius 3 is 2.15 bits per heavy atom. The SMILES string of the molecule is C#Cc1ccc[nH]1.c1ccncc1. The van der Waals surface area contributed by atoms with Gasteiger partial charge in [0.2, 0.25) is 0 Å². The van der Waals surface area contributed by atoms with Crippen molar-refractivity contribution in [3.63, 3.8) is 0 Å².